The van der Waals surface area contributed by atoms with Gasteiger partial charge in [-0.15, -0.1) is 0 Å². The minimum absolute atomic E-state index is 0.266. The van der Waals surface area contributed by atoms with E-state index in [9.17, 15) is 4.79 Å². The largest absolute Gasteiger partial charge is 0.305 e. The summed E-state index contributed by atoms with van der Waals surface area (Å²) >= 11 is 0. The van der Waals surface area contributed by atoms with Crippen LogP contribution in [0.3, 0.4) is 0 Å². The number of hydrogen-bond acceptors (Lipinski definition) is 5. The molecule has 0 saturated carbocycles. The Kier molecular flexibility index (Phi) is 5.96. The van der Waals surface area contributed by atoms with E-state index in [4.69, 9.17) is 4.98 Å². The molecule has 0 unspecified atom stereocenters. The number of hydrogen-bond donors (Lipinski definition) is 1. The van der Waals surface area contributed by atoms with E-state index >= 15 is 0 Å². The van der Waals surface area contributed by atoms with Crippen LogP contribution in [0.2, 0.25) is 0 Å². The van der Waals surface area contributed by atoms with Crippen molar-refractivity contribution >= 4 is 22.8 Å². The number of nitrogens with one attached hydrogen (secondary N) is 1. The summed E-state index contributed by atoms with van der Waals surface area (Å²) in [5, 5.41) is 12.7. The lowest BCUT2D eigenvalue weighted by molar-refractivity contribution is 0.102. The molecule has 0 aliphatic carbocycles. The Morgan fingerprint density at radius 1 is 0.838 bits per heavy atom. The van der Waals surface area contributed by atoms with Crippen molar-refractivity contribution in [3.63, 3.8) is 0 Å². The maximum absolute atomic E-state index is 13.5. The highest BCUT2D eigenvalue weighted by atomic mass is 16.1. The van der Waals surface area contributed by atoms with E-state index in [2.05, 4.69) is 20.5 Å². The van der Waals surface area contributed by atoms with Gasteiger partial charge in [0.15, 0.2) is 11.5 Å². The van der Waals surface area contributed by atoms with E-state index in [0.29, 0.717) is 41.2 Å². The SMILES string of the molecule is O=C(Nc1ccn(Cc2ccncc2)n1)c1cc(-c2ccccc2)nc2c1cnn2Cc1ccccc1. The Morgan fingerprint density at radius 3 is 2.35 bits per heavy atom. The van der Waals surface area contributed by atoms with Crippen LogP contribution in [0.5, 0.6) is 0 Å². The quantitative estimate of drug-likeness (QED) is 0.342. The molecule has 4 aromatic heterocycles. The molecule has 4 heterocycles. The fourth-order valence-electron chi connectivity index (χ4n) is 4.24. The van der Waals surface area contributed by atoms with Crippen molar-refractivity contribution < 1.29 is 4.79 Å². The maximum atomic E-state index is 13.5. The molecule has 0 aliphatic rings. The normalized spacial score (nSPS) is 11.0. The van der Waals surface area contributed by atoms with Gasteiger partial charge in [0.05, 0.1) is 35.9 Å². The second kappa shape index (κ2) is 9.87. The average molecular weight is 486 g/mol. The van der Waals surface area contributed by atoms with Crippen LogP contribution in [0, 0.1) is 0 Å². The third-order valence-corrected chi connectivity index (χ3v) is 6.07. The summed E-state index contributed by atoms with van der Waals surface area (Å²) in [6, 6.07) is 27.4. The van der Waals surface area contributed by atoms with Crippen LogP contribution < -0.4 is 5.32 Å². The summed E-state index contributed by atoms with van der Waals surface area (Å²) < 4.78 is 3.61. The predicted molar refractivity (Wildman–Crippen MR) is 142 cm³/mol. The molecule has 0 bridgehead atoms. The zero-order chi connectivity index (χ0) is 25.0. The fourth-order valence-corrected chi connectivity index (χ4v) is 4.24. The molecule has 0 radical (unpaired) electrons. The third-order valence-electron chi connectivity index (χ3n) is 6.07. The van der Waals surface area contributed by atoms with Gasteiger partial charge in [0.2, 0.25) is 0 Å². The van der Waals surface area contributed by atoms with Crippen LogP contribution in [0.25, 0.3) is 22.3 Å². The molecule has 1 amide bonds. The molecule has 6 aromatic rings. The molecule has 2 aromatic carbocycles. The second-order valence-corrected chi connectivity index (χ2v) is 8.65. The molecule has 180 valence electrons. The van der Waals surface area contributed by atoms with E-state index in [1.807, 2.05) is 89.7 Å². The molecule has 6 rings (SSSR count). The van der Waals surface area contributed by atoms with Crippen LogP contribution in [0.4, 0.5) is 5.82 Å². The van der Waals surface area contributed by atoms with Crippen molar-refractivity contribution in [3.05, 3.63) is 126 Å². The fraction of sp³-hybridized carbons (Fsp3) is 0.0690. The van der Waals surface area contributed by atoms with Crippen LogP contribution in [0.15, 0.2) is 110 Å². The first-order valence-electron chi connectivity index (χ1n) is 11.9. The minimum atomic E-state index is -0.266. The first kappa shape index (κ1) is 22.4. The van der Waals surface area contributed by atoms with E-state index in [-0.39, 0.29) is 5.91 Å². The number of aromatic nitrogens is 6. The summed E-state index contributed by atoms with van der Waals surface area (Å²) in [5.41, 5.74) is 4.95. The van der Waals surface area contributed by atoms with E-state index in [1.165, 1.54) is 0 Å². The van der Waals surface area contributed by atoms with Crippen LogP contribution in [-0.2, 0) is 13.1 Å². The molecular weight excluding hydrogens is 462 g/mol. The molecule has 0 spiro atoms. The Labute approximate surface area is 213 Å². The molecule has 0 aliphatic heterocycles. The van der Waals surface area contributed by atoms with E-state index < -0.39 is 0 Å². The van der Waals surface area contributed by atoms with Gasteiger partial charge < -0.3 is 5.32 Å². The Hall–Kier alpha value is -5.11. The molecule has 0 atom stereocenters. The Morgan fingerprint density at radius 2 is 1.57 bits per heavy atom. The van der Waals surface area contributed by atoms with Gasteiger partial charge in [0, 0.05) is 30.2 Å². The summed E-state index contributed by atoms with van der Waals surface area (Å²) in [7, 11) is 0. The second-order valence-electron chi connectivity index (χ2n) is 8.65. The Bertz CT molecular complexity index is 1660. The topological polar surface area (TPSA) is 90.5 Å². The maximum Gasteiger partial charge on any atom is 0.257 e. The van der Waals surface area contributed by atoms with E-state index in [0.717, 1.165) is 16.7 Å². The van der Waals surface area contributed by atoms with Crippen molar-refractivity contribution in [2.45, 2.75) is 13.1 Å². The Balaban J connectivity index is 1.34. The lowest BCUT2D eigenvalue weighted by Crippen LogP contribution is -2.14. The van der Waals surface area contributed by atoms with Gasteiger partial charge in [-0.05, 0) is 29.3 Å². The number of fused-ring (bicyclic) bond motifs is 1. The molecular formula is C29H23N7O. The van der Waals surface area contributed by atoms with Crippen molar-refractivity contribution in [2.75, 3.05) is 5.32 Å². The number of pyridine rings is 2. The van der Waals surface area contributed by atoms with Crippen LogP contribution in [0.1, 0.15) is 21.5 Å². The number of carbonyl (C=O) groups is 1. The summed E-state index contributed by atoms with van der Waals surface area (Å²) in [5.74, 6) is 0.208. The van der Waals surface area contributed by atoms with Crippen LogP contribution in [-0.4, -0.2) is 35.4 Å². The highest BCUT2D eigenvalue weighted by Crippen LogP contribution is 2.26. The number of benzene rings is 2. The highest BCUT2D eigenvalue weighted by Gasteiger charge is 2.19. The molecule has 8 heteroatoms. The smallest absolute Gasteiger partial charge is 0.257 e. The molecule has 37 heavy (non-hydrogen) atoms. The number of amides is 1. The number of carbonyl (C=O) groups excluding carboxylic acids is 1. The van der Waals surface area contributed by atoms with Gasteiger partial charge in [-0.2, -0.15) is 10.2 Å². The van der Waals surface area contributed by atoms with Crippen molar-refractivity contribution in [3.8, 4) is 11.3 Å². The average Bonchev–Trinajstić information content (AvgIpc) is 3.56. The van der Waals surface area contributed by atoms with Crippen LogP contribution >= 0.6 is 0 Å². The van der Waals surface area contributed by atoms with Gasteiger partial charge in [-0.3, -0.25) is 14.5 Å². The lowest BCUT2D eigenvalue weighted by atomic mass is 10.1. The van der Waals surface area contributed by atoms with E-state index in [1.54, 1.807) is 29.3 Å². The standard InChI is InChI=1S/C29H23N7O/c37-29(33-27-13-16-35(34-27)19-22-11-14-30-15-12-22)24-17-26(23-9-5-2-6-10-23)32-28-25(24)18-31-36(28)20-21-7-3-1-4-8-21/h1-18H,19-20H2,(H,33,34,37). The van der Waals surface area contributed by atoms with Crippen molar-refractivity contribution in [2.24, 2.45) is 0 Å². The molecule has 0 saturated heterocycles. The number of rotatable bonds is 7. The van der Waals surface area contributed by atoms with Crippen molar-refractivity contribution in [1.82, 2.24) is 29.5 Å². The summed E-state index contributed by atoms with van der Waals surface area (Å²) in [6.07, 6.45) is 7.04. The van der Waals surface area contributed by atoms with Gasteiger partial charge in [-0.25, -0.2) is 9.67 Å². The number of nitrogens with zero attached hydrogens (tertiary/aromatic N) is 6. The van der Waals surface area contributed by atoms with Crippen molar-refractivity contribution in [1.29, 1.82) is 0 Å². The summed E-state index contributed by atoms with van der Waals surface area (Å²) in [6.45, 7) is 1.14. The van der Waals surface area contributed by atoms with Gasteiger partial charge in [-0.1, -0.05) is 60.7 Å². The third kappa shape index (κ3) is 4.85. The monoisotopic (exact) mass is 485 g/mol. The molecule has 1 N–H and O–H groups in total. The number of anilines is 1. The van der Waals surface area contributed by atoms with Gasteiger partial charge in [0.25, 0.3) is 5.91 Å². The van der Waals surface area contributed by atoms with Gasteiger partial charge in [0.1, 0.15) is 0 Å². The lowest BCUT2D eigenvalue weighted by Gasteiger charge is -2.09. The first-order chi connectivity index (χ1) is 18.2. The molecule has 8 nitrogen and oxygen atoms in total. The zero-order valence-electron chi connectivity index (χ0n) is 19.9. The minimum Gasteiger partial charge on any atom is -0.305 e. The highest BCUT2D eigenvalue weighted by molar-refractivity contribution is 6.12. The predicted octanol–water partition coefficient (Wildman–Crippen LogP) is 5.04. The summed E-state index contributed by atoms with van der Waals surface area (Å²) in [4.78, 5) is 22.5. The first-order valence-corrected chi connectivity index (χ1v) is 11.9. The molecule has 0 fully saturated rings. The zero-order valence-corrected chi connectivity index (χ0v) is 19.9. The van der Waals surface area contributed by atoms with Gasteiger partial charge >= 0.3 is 0 Å².